The van der Waals surface area contributed by atoms with Crippen molar-refractivity contribution in [1.82, 2.24) is 5.32 Å². The van der Waals surface area contributed by atoms with Crippen molar-refractivity contribution in [3.63, 3.8) is 0 Å². The monoisotopic (exact) mass is 225 g/mol. The number of amides is 1. The van der Waals surface area contributed by atoms with E-state index < -0.39 is 5.97 Å². The smallest absolute Gasteiger partial charge is 0.303 e. The molecular formula is C11H15NO4. The van der Waals surface area contributed by atoms with Crippen LogP contribution in [0.4, 0.5) is 0 Å². The number of carboxylic acids is 1. The SMILES string of the molecule is O=C(O)CCCC(=O)NCCc1ccoc1. The van der Waals surface area contributed by atoms with Gasteiger partial charge in [0.15, 0.2) is 0 Å². The largest absolute Gasteiger partial charge is 0.481 e. The topological polar surface area (TPSA) is 79.5 Å². The predicted molar refractivity (Wildman–Crippen MR) is 56.9 cm³/mol. The molecule has 1 amide bonds. The molecule has 0 aromatic carbocycles. The van der Waals surface area contributed by atoms with E-state index in [9.17, 15) is 9.59 Å². The van der Waals surface area contributed by atoms with Gasteiger partial charge in [0.25, 0.3) is 0 Å². The molecule has 1 aromatic rings. The highest BCUT2D eigenvalue weighted by atomic mass is 16.4. The van der Waals surface area contributed by atoms with Crippen LogP contribution in [0.5, 0.6) is 0 Å². The molecule has 1 rings (SSSR count). The first-order valence-electron chi connectivity index (χ1n) is 5.18. The molecule has 0 saturated carbocycles. The van der Waals surface area contributed by atoms with Gasteiger partial charge in [-0.25, -0.2) is 0 Å². The van der Waals surface area contributed by atoms with Crippen LogP contribution in [0.15, 0.2) is 23.0 Å². The summed E-state index contributed by atoms with van der Waals surface area (Å²) in [6.07, 6.45) is 4.63. The Morgan fingerprint density at radius 2 is 2.19 bits per heavy atom. The lowest BCUT2D eigenvalue weighted by Crippen LogP contribution is -2.25. The zero-order valence-electron chi connectivity index (χ0n) is 8.94. The first kappa shape index (κ1) is 12.3. The fraction of sp³-hybridized carbons (Fsp3) is 0.455. The van der Waals surface area contributed by atoms with Gasteiger partial charge in [0, 0.05) is 19.4 Å². The quantitative estimate of drug-likeness (QED) is 0.730. The molecule has 0 spiro atoms. The highest BCUT2D eigenvalue weighted by molar-refractivity contribution is 5.76. The zero-order chi connectivity index (χ0) is 11.8. The standard InChI is InChI=1S/C11H15NO4/c13-10(2-1-3-11(14)15)12-6-4-9-5-7-16-8-9/h5,7-8H,1-4,6H2,(H,12,13)(H,14,15). The van der Waals surface area contributed by atoms with Gasteiger partial charge in [-0.05, 0) is 24.5 Å². The minimum absolute atomic E-state index is 0.0369. The van der Waals surface area contributed by atoms with Crippen molar-refractivity contribution in [3.8, 4) is 0 Å². The third-order valence-electron chi connectivity index (χ3n) is 2.11. The summed E-state index contributed by atoms with van der Waals surface area (Å²) >= 11 is 0. The Morgan fingerprint density at radius 3 is 2.81 bits per heavy atom. The van der Waals surface area contributed by atoms with E-state index in [4.69, 9.17) is 9.52 Å². The van der Waals surface area contributed by atoms with Gasteiger partial charge in [-0.15, -0.1) is 0 Å². The van der Waals surface area contributed by atoms with Crippen molar-refractivity contribution in [2.75, 3.05) is 6.54 Å². The second-order valence-corrected chi connectivity index (χ2v) is 3.48. The van der Waals surface area contributed by atoms with E-state index in [-0.39, 0.29) is 18.7 Å². The molecule has 0 saturated heterocycles. The maximum absolute atomic E-state index is 11.2. The summed E-state index contributed by atoms with van der Waals surface area (Å²) in [5, 5.41) is 11.1. The van der Waals surface area contributed by atoms with Gasteiger partial charge in [-0.1, -0.05) is 0 Å². The number of furan rings is 1. The van der Waals surface area contributed by atoms with Gasteiger partial charge < -0.3 is 14.8 Å². The van der Waals surface area contributed by atoms with Crippen LogP contribution in [0.25, 0.3) is 0 Å². The van der Waals surface area contributed by atoms with E-state index in [0.717, 1.165) is 12.0 Å². The lowest BCUT2D eigenvalue weighted by molar-refractivity contribution is -0.137. The van der Waals surface area contributed by atoms with E-state index in [1.54, 1.807) is 12.5 Å². The summed E-state index contributed by atoms with van der Waals surface area (Å²) < 4.78 is 4.89. The van der Waals surface area contributed by atoms with Gasteiger partial charge in [0.1, 0.15) is 0 Å². The van der Waals surface area contributed by atoms with Crippen molar-refractivity contribution in [1.29, 1.82) is 0 Å². The minimum Gasteiger partial charge on any atom is -0.481 e. The molecule has 0 atom stereocenters. The number of aliphatic carboxylic acids is 1. The molecule has 0 aliphatic carbocycles. The van der Waals surface area contributed by atoms with Crippen molar-refractivity contribution in [2.45, 2.75) is 25.7 Å². The normalized spacial score (nSPS) is 10.0. The van der Waals surface area contributed by atoms with Gasteiger partial charge in [-0.3, -0.25) is 9.59 Å². The molecule has 0 radical (unpaired) electrons. The molecule has 88 valence electrons. The molecule has 0 unspecified atom stereocenters. The van der Waals surface area contributed by atoms with Gasteiger partial charge in [0.2, 0.25) is 5.91 Å². The van der Waals surface area contributed by atoms with Crippen LogP contribution in [0, 0.1) is 0 Å². The second-order valence-electron chi connectivity index (χ2n) is 3.48. The number of carbonyl (C=O) groups excluding carboxylic acids is 1. The molecule has 2 N–H and O–H groups in total. The molecule has 0 fully saturated rings. The van der Waals surface area contributed by atoms with Crippen LogP contribution in [-0.4, -0.2) is 23.5 Å². The van der Waals surface area contributed by atoms with Crippen molar-refractivity contribution < 1.29 is 19.1 Å². The Labute approximate surface area is 93.4 Å². The van der Waals surface area contributed by atoms with E-state index in [1.807, 2.05) is 6.07 Å². The molecular weight excluding hydrogens is 210 g/mol. The van der Waals surface area contributed by atoms with Crippen LogP contribution in [0.1, 0.15) is 24.8 Å². The van der Waals surface area contributed by atoms with Crippen LogP contribution in [0.3, 0.4) is 0 Å². The molecule has 16 heavy (non-hydrogen) atoms. The number of carboxylic acid groups (broad SMARTS) is 1. The third kappa shape index (κ3) is 5.19. The summed E-state index contributed by atoms with van der Waals surface area (Å²) in [4.78, 5) is 21.4. The maximum atomic E-state index is 11.2. The fourth-order valence-corrected chi connectivity index (χ4v) is 1.27. The van der Waals surface area contributed by atoms with E-state index in [0.29, 0.717) is 13.0 Å². The molecule has 0 aliphatic rings. The van der Waals surface area contributed by atoms with E-state index in [1.165, 1.54) is 0 Å². The molecule has 5 heteroatoms. The van der Waals surface area contributed by atoms with Crippen LogP contribution >= 0.6 is 0 Å². The predicted octanol–water partition coefficient (Wildman–Crippen LogP) is 1.19. The molecule has 0 aliphatic heterocycles. The Bertz CT molecular complexity index is 332. The average Bonchev–Trinajstić information content (AvgIpc) is 2.70. The van der Waals surface area contributed by atoms with E-state index >= 15 is 0 Å². The summed E-state index contributed by atoms with van der Waals surface area (Å²) in [6, 6.07) is 1.84. The fourth-order valence-electron chi connectivity index (χ4n) is 1.27. The van der Waals surface area contributed by atoms with Gasteiger partial charge >= 0.3 is 5.97 Å². The summed E-state index contributed by atoms with van der Waals surface area (Å²) in [5.41, 5.74) is 1.03. The lowest BCUT2D eigenvalue weighted by atomic mass is 10.2. The molecule has 0 bridgehead atoms. The number of nitrogens with one attached hydrogen (secondary N) is 1. The molecule has 5 nitrogen and oxygen atoms in total. The number of hydrogen-bond acceptors (Lipinski definition) is 3. The van der Waals surface area contributed by atoms with Crippen LogP contribution in [-0.2, 0) is 16.0 Å². The van der Waals surface area contributed by atoms with Crippen molar-refractivity contribution in [3.05, 3.63) is 24.2 Å². The summed E-state index contributed by atoms with van der Waals surface area (Å²) in [5.74, 6) is -0.976. The van der Waals surface area contributed by atoms with Gasteiger partial charge in [-0.2, -0.15) is 0 Å². The lowest BCUT2D eigenvalue weighted by Gasteiger charge is -2.02. The average molecular weight is 225 g/mol. The third-order valence-corrected chi connectivity index (χ3v) is 2.11. The van der Waals surface area contributed by atoms with E-state index in [2.05, 4.69) is 5.32 Å². The Balaban J connectivity index is 2.04. The Kier molecular flexibility index (Phi) is 5.11. The highest BCUT2D eigenvalue weighted by Gasteiger charge is 2.03. The number of rotatable bonds is 7. The number of hydrogen-bond donors (Lipinski definition) is 2. The Morgan fingerprint density at radius 1 is 1.38 bits per heavy atom. The van der Waals surface area contributed by atoms with Crippen LogP contribution in [0.2, 0.25) is 0 Å². The number of carbonyl (C=O) groups is 2. The minimum atomic E-state index is -0.869. The second kappa shape index (κ2) is 6.66. The van der Waals surface area contributed by atoms with Crippen molar-refractivity contribution in [2.24, 2.45) is 0 Å². The summed E-state index contributed by atoms with van der Waals surface area (Å²) in [7, 11) is 0. The first-order valence-corrected chi connectivity index (χ1v) is 5.18. The van der Waals surface area contributed by atoms with Crippen LogP contribution < -0.4 is 5.32 Å². The molecule has 1 aromatic heterocycles. The van der Waals surface area contributed by atoms with Gasteiger partial charge in [0.05, 0.1) is 12.5 Å². The maximum Gasteiger partial charge on any atom is 0.303 e. The summed E-state index contributed by atoms with van der Waals surface area (Å²) in [6.45, 7) is 0.547. The molecule has 1 heterocycles. The first-order chi connectivity index (χ1) is 7.68. The zero-order valence-corrected chi connectivity index (χ0v) is 8.94. The Hall–Kier alpha value is -1.78. The van der Waals surface area contributed by atoms with Crippen molar-refractivity contribution >= 4 is 11.9 Å². The highest BCUT2D eigenvalue weighted by Crippen LogP contribution is 2.00.